The lowest BCUT2D eigenvalue weighted by atomic mass is 10.0. The second kappa shape index (κ2) is 5.56. The lowest BCUT2D eigenvalue weighted by Crippen LogP contribution is -2.13. The van der Waals surface area contributed by atoms with Gasteiger partial charge in [-0.3, -0.25) is 4.68 Å². The number of rotatable bonds is 4. The van der Waals surface area contributed by atoms with Crippen LogP contribution in [0.5, 0.6) is 0 Å². The molecule has 0 saturated carbocycles. The minimum atomic E-state index is 0.491. The second-order valence-corrected chi connectivity index (χ2v) is 5.04. The van der Waals surface area contributed by atoms with Crippen molar-refractivity contribution in [2.45, 2.75) is 12.8 Å². The van der Waals surface area contributed by atoms with Gasteiger partial charge in [0.1, 0.15) is 11.6 Å². The summed E-state index contributed by atoms with van der Waals surface area (Å²) in [5.74, 6) is 7.39. The van der Waals surface area contributed by atoms with Crippen molar-refractivity contribution in [3.63, 3.8) is 0 Å². The van der Waals surface area contributed by atoms with E-state index in [1.165, 1.54) is 0 Å². The summed E-state index contributed by atoms with van der Waals surface area (Å²) < 4.78 is 7.14. The van der Waals surface area contributed by atoms with Gasteiger partial charge in [0.25, 0.3) is 0 Å². The van der Waals surface area contributed by atoms with Crippen LogP contribution in [0.1, 0.15) is 12.2 Å². The molecule has 7 heteroatoms. The fourth-order valence-corrected chi connectivity index (χ4v) is 2.37. The van der Waals surface area contributed by atoms with Crippen LogP contribution < -0.4 is 11.3 Å². The molecule has 7 nitrogen and oxygen atoms in total. The predicted octanol–water partition coefficient (Wildman–Crippen LogP) is 0.742. The minimum Gasteiger partial charge on any atom is -0.381 e. The number of nitrogens with zero attached hydrogens (tertiary/aromatic N) is 4. The number of nitrogens with two attached hydrogens (primary N) is 1. The van der Waals surface area contributed by atoms with Crippen molar-refractivity contribution >= 4 is 5.82 Å². The highest BCUT2D eigenvalue weighted by atomic mass is 16.5. The van der Waals surface area contributed by atoms with Crippen LogP contribution in [0.15, 0.2) is 18.5 Å². The van der Waals surface area contributed by atoms with Crippen molar-refractivity contribution in [2.24, 2.45) is 18.8 Å². The molecule has 1 aliphatic heterocycles. The summed E-state index contributed by atoms with van der Waals surface area (Å²) in [5, 5.41) is 4.17. The van der Waals surface area contributed by atoms with E-state index in [2.05, 4.69) is 20.5 Å². The van der Waals surface area contributed by atoms with Gasteiger partial charge in [-0.1, -0.05) is 0 Å². The molecule has 3 rings (SSSR count). The molecule has 2 aromatic heterocycles. The zero-order valence-electron chi connectivity index (χ0n) is 11.4. The van der Waals surface area contributed by atoms with Crippen molar-refractivity contribution in [2.75, 3.05) is 18.6 Å². The van der Waals surface area contributed by atoms with Crippen LogP contribution in [0.4, 0.5) is 5.82 Å². The van der Waals surface area contributed by atoms with E-state index >= 15 is 0 Å². The number of nitrogens with one attached hydrogen (secondary N) is 1. The van der Waals surface area contributed by atoms with Crippen LogP contribution in [0.25, 0.3) is 11.3 Å². The average molecular weight is 274 g/mol. The Balaban J connectivity index is 1.89. The van der Waals surface area contributed by atoms with Gasteiger partial charge in [-0.05, 0) is 12.3 Å². The quantitative estimate of drug-likeness (QED) is 0.631. The first-order chi connectivity index (χ1) is 9.74. The van der Waals surface area contributed by atoms with Gasteiger partial charge in [0.2, 0.25) is 0 Å². The van der Waals surface area contributed by atoms with Gasteiger partial charge in [0.15, 0.2) is 0 Å². The van der Waals surface area contributed by atoms with E-state index in [1.807, 2.05) is 19.3 Å². The van der Waals surface area contributed by atoms with Gasteiger partial charge in [0, 0.05) is 44.5 Å². The third kappa shape index (κ3) is 2.78. The molecule has 0 spiro atoms. The fraction of sp³-hybridized carbons (Fsp3) is 0.462. The van der Waals surface area contributed by atoms with E-state index in [-0.39, 0.29) is 0 Å². The second-order valence-electron chi connectivity index (χ2n) is 5.04. The summed E-state index contributed by atoms with van der Waals surface area (Å²) in [6.07, 6.45) is 5.57. The maximum atomic E-state index is 5.49. The lowest BCUT2D eigenvalue weighted by Gasteiger charge is -2.09. The molecule has 3 heterocycles. The molecule has 0 radical (unpaired) electrons. The summed E-state index contributed by atoms with van der Waals surface area (Å²) in [6.45, 7) is 1.61. The molecule has 3 N–H and O–H groups in total. The third-order valence-electron chi connectivity index (χ3n) is 3.42. The van der Waals surface area contributed by atoms with Gasteiger partial charge in [-0.25, -0.2) is 15.8 Å². The molecule has 1 fully saturated rings. The molecular weight excluding hydrogens is 256 g/mol. The van der Waals surface area contributed by atoms with E-state index in [9.17, 15) is 0 Å². The normalized spacial score (nSPS) is 18.4. The molecule has 1 saturated heterocycles. The summed E-state index contributed by atoms with van der Waals surface area (Å²) in [7, 11) is 1.88. The Labute approximate surface area is 117 Å². The minimum absolute atomic E-state index is 0.491. The third-order valence-corrected chi connectivity index (χ3v) is 3.42. The number of ether oxygens (including phenoxy) is 1. The van der Waals surface area contributed by atoms with Crippen LogP contribution in [-0.2, 0) is 18.2 Å². The Morgan fingerprint density at radius 3 is 3.05 bits per heavy atom. The van der Waals surface area contributed by atoms with Crippen molar-refractivity contribution in [3.8, 4) is 11.3 Å². The molecular formula is C13H18N6O. The zero-order valence-corrected chi connectivity index (χ0v) is 11.4. The smallest absolute Gasteiger partial charge is 0.144 e. The van der Waals surface area contributed by atoms with Crippen LogP contribution in [0, 0.1) is 5.92 Å². The van der Waals surface area contributed by atoms with E-state index in [0.717, 1.165) is 43.1 Å². The van der Waals surface area contributed by atoms with Gasteiger partial charge in [0.05, 0.1) is 11.9 Å². The number of hydrazine groups is 1. The Morgan fingerprint density at radius 2 is 2.40 bits per heavy atom. The van der Waals surface area contributed by atoms with Crippen molar-refractivity contribution in [3.05, 3.63) is 24.3 Å². The molecule has 0 amide bonds. The Kier molecular flexibility index (Phi) is 3.62. The molecule has 0 aromatic carbocycles. The molecule has 2 aromatic rings. The van der Waals surface area contributed by atoms with Crippen LogP contribution in [0.3, 0.4) is 0 Å². The molecule has 20 heavy (non-hydrogen) atoms. The summed E-state index contributed by atoms with van der Waals surface area (Å²) in [6, 6.07) is 1.83. The number of hydrogen-bond acceptors (Lipinski definition) is 6. The van der Waals surface area contributed by atoms with Gasteiger partial charge in [-0.2, -0.15) is 5.10 Å². The van der Waals surface area contributed by atoms with Gasteiger partial charge in [-0.15, -0.1) is 0 Å². The molecule has 1 unspecified atom stereocenters. The number of aromatic nitrogens is 4. The number of hydrogen-bond donors (Lipinski definition) is 2. The molecule has 1 aliphatic rings. The predicted molar refractivity (Wildman–Crippen MR) is 74.7 cm³/mol. The molecule has 106 valence electrons. The first-order valence-electron chi connectivity index (χ1n) is 6.66. The van der Waals surface area contributed by atoms with E-state index in [4.69, 9.17) is 10.6 Å². The van der Waals surface area contributed by atoms with E-state index in [0.29, 0.717) is 11.7 Å². The Morgan fingerprint density at radius 1 is 1.50 bits per heavy atom. The van der Waals surface area contributed by atoms with Crippen molar-refractivity contribution in [1.29, 1.82) is 0 Å². The lowest BCUT2D eigenvalue weighted by molar-refractivity contribution is 0.185. The zero-order chi connectivity index (χ0) is 13.9. The van der Waals surface area contributed by atoms with Crippen molar-refractivity contribution < 1.29 is 4.74 Å². The van der Waals surface area contributed by atoms with Gasteiger partial charge < -0.3 is 10.2 Å². The highest BCUT2D eigenvalue weighted by Crippen LogP contribution is 2.22. The van der Waals surface area contributed by atoms with E-state index in [1.54, 1.807) is 10.9 Å². The SMILES string of the molecule is Cn1cc(-c2cc(NN)nc(CC3CCOC3)n2)cn1. The van der Waals surface area contributed by atoms with Crippen LogP contribution in [-0.4, -0.2) is 33.0 Å². The maximum Gasteiger partial charge on any atom is 0.144 e. The van der Waals surface area contributed by atoms with Crippen molar-refractivity contribution in [1.82, 2.24) is 19.7 Å². The Hall–Kier alpha value is -1.99. The van der Waals surface area contributed by atoms with Crippen LogP contribution in [0.2, 0.25) is 0 Å². The standard InChI is InChI=1S/C13H18N6O/c1-19-7-10(6-15-19)11-5-13(18-14)17-12(16-11)4-9-2-3-20-8-9/h5-7,9H,2-4,8,14H2,1H3,(H,16,17,18). The fourth-order valence-electron chi connectivity index (χ4n) is 2.37. The molecule has 0 bridgehead atoms. The summed E-state index contributed by atoms with van der Waals surface area (Å²) in [4.78, 5) is 9.03. The molecule has 1 atom stereocenters. The Bertz CT molecular complexity index is 590. The first-order valence-corrected chi connectivity index (χ1v) is 6.66. The van der Waals surface area contributed by atoms with Gasteiger partial charge >= 0.3 is 0 Å². The average Bonchev–Trinajstić information content (AvgIpc) is 3.10. The van der Waals surface area contributed by atoms with Crippen LogP contribution >= 0.6 is 0 Å². The summed E-state index contributed by atoms with van der Waals surface area (Å²) >= 11 is 0. The van der Waals surface area contributed by atoms with E-state index < -0.39 is 0 Å². The monoisotopic (exact) mass is 274 g/mol. The number of anilines is 1. The number of nitrogen functional groups attached to an aromatic ring is 1. The first kappa shape index (κ1) is 13.0. The topological polar surface area (TPSA) is 90.9 Å². The molecule has 0 aliphatic carbocycles. The number of aryl methyl sites for hydroxylation is 1. The summed E-state index contributed by atoms with van der Waals surface area (Å²) in [5.41, 5.74) is 4.38. The highest BCUT2D eigenvalue weighted by Gasteiger charge is 2.18. The highest BCUT2D eigenvalue weighted by molar-refractivity contribution is 5.60. The largest absolute Gasteiger partial charge is 0.381 e. The maximum absolute atomic E-state index is 5.49.